The lowest BCUT2D eigenvalue weighted by Gasteiger charge is -2.17. The van der Waals surface area contributed by atoms with E-state index < -0.39 is 0 Å². The highest BCUT2D eigenvalue weighted by molar-refractivity contribution is 6.42. The van der Waals surface area contributed by atoms with Crippen molar-refractivity contribution in [1.29, 1.82) is 0 Å². The van der Waals surface area contributed by atoms with Crippen molar-refractivity contribution in [2.75, 3.05) is 0 Å². The molecule has 0 atom stereocenters. The molecule has 2 aromatic heterocycles. The number of rotatable bonds is 3. The first-order chi connectivity index (χ1) is 23.9. The van der Waals surface area contributed by atoms with Crippen LogP contribution in [0, 0.1) is 0 Å². The average molecular weight is 609 g/mol. The Bertz CT molecular complexity index is 3040. The summed E-state index contributed by atoms with van der Waals surface area (Å²) in [6.45, 7) is 0. The van der Waals surface area contributed by atoms with Crippen molar-refractivity contribution in [3.63, 3.8) is 0 Å². The summed E-state index contributed by atoms with van der Waals surface area (Å²) in [5.74, 6) is 0. The number of aromatic nitrogens is 2. The van der Waals surface area contributed by atoms with Crippen LogP contribution in [-0.2, 0) is 0 Å². The molecule has 222 valence electrons. The highest BCUT2D eigenvalue weighted by atomic mass is 15.0. The summed E-state index contributed by atoms with van der Waals surface area (Å²) < 4.78 is 4.91. The Morgan fingerprint density at radius 3 is 1.56 bits per heavy atom. The van der Waals surface area contributed by atoms with Gasteiger partial charge in [0.15, 0.2) is 0 Å². The molecule has 11 rings (SSSR count). The minimum Gasteiger partial charge on any atom is -0.309 e. The summed E-state index contributed by atoms with van der Waals surface area (Å²) in [6.07, 6.45) is 0. The molecule has 2 nitrogen and oxygen atoms in total. The topological polar surface area (TPSA) is 9.86 Å². The second kappa shape index (κ2) is 9.57. The van der Waals surface area contributed by atoms with Crippen LogP contribution in [0.1, 0.15) is 0 Å². The normalized spacial score (nSPS) is 12.2. The average Bonchev–Trinajstić information content (AvgIpc) is 3.68. The van der Waals surface area contributed by atoms with Gasteiger partial charge in [0.05, 0.1) is 22.1 Å². The van der Waals surface area contributed by atoms with Crippen LogP contribution >= 0.6 is 0 Å². The van der Waals surface area contributed by atoms with Crippen molar-refractivity contribution in [3.8, 4) is 22.5 Å². The zero-order valence-corrected chi connectivity index (χ0v) is 26.1. The van der Waals surface area contributed by atoms with E-state index in [1.165, 1.54) is 98.4 Å². The number of hydrogen-bond acceptors (Lipinski definition) is 0. The smallest absolute Gasteiger partial charge is 0.0632 e. The van der Waals surface area contributed by atoms with E-state index in [-0.39, 0.29) is 0 Å². The summed E-state index contributed by atoms with van der Waals surface area (Å²) in [5, 5.41) is 13.0. The Morgan fingerprint density at radius 1 is 0.292 bits per heavy atom. The van der Waals surface area contributed by atoms with Gasteiger partial charge >= 0.3 is 0 Å². The molecule has 2 heterocycles. The quantitative estimate of drug-likeness (QED) is 0.177. The Hall–Kier alpha value is -6.38. The van der Waals surface area contributed by atoms with Crippen LogP contribution in [0.5, 0.6) is 0 Å². The summed E-state index contributed by atoms with van der Waals surface area (Å²) in [4.78, 5) is 0. The first-order valence-corrected chi connectivity index (χ1v) is 16.6. The third-order valence-corrected chi connectivity index (χ3v) is 10.4. The molecule has 0 amide bonds. The predicted octanol–water partition coefficient (Wildman–Crippen LogP) is 12.4. The minimum absolute atomic E-state index is 1.17. The lowest BCUT2D eigenvalue weighted by atomic mass is 9.87. The molecule has 0 saturated carbocycles. The van der Waals surface area contributed by atoms with Gasteiger partial charge in [-0.3, -0.25) is 0 Å². The van der Waals surface area contributed by atoms with E-state index in [1.54, 1.807) is 0 Å². The van der Waals surface area contributed by atoms with Gasteiger partial charge in [-0.2, -0.15) is 0 Å². The highest BCUT2D eigenvalue weighted by Gasteiger charge is 2.26. The van der Waals surface area contributed by atoms with Gasteiger partial charge in [0.25, 0.3) is 0 Å². The van der Waals surface area contributed by atoms with Gasteiger partial charge in [-0.15, -0.1) is 0 Å². The highest BCUT2D eigenvalue weighted by Crippen LogP contribution is 2.51. The molecule has 0 spiro atoms. The van der Waals surface area contributed by atoms with E-state index in [9.17, 15) is 0 Å². The Kier molecular flexibility index (Phi) is 5.14. The Labute approximate surface area is 276 Å². The van der Waals surface area contributed by atoms with Crippen molar-refractivity contribution < 1.29 is 0 Å². The minimum atomic E-state index is 1.17. The van der Waals surface area contributed by atoms with Crippen molar-refractivity contribution >= 4 is 75.9 Å². The monoisotopic (exact) mass is 608 g/mol. The van der Waals surface area contributed by atoms with Gasteiger partial charge in [0.1, 0.15) is 0 Å². The van der Waals surface area contributed by atoms with Crippen molar-refractivity contribution in [3.05, 3.63) is 170 Å². The molecule has 2 heteroatoms. The number of benzene rings is 9. The fraction of sp³-hybridized carbons (Fsp3) is 0. The van der Waals surface area contributed by atoms with Gasteiger partial charge in [-0.25, -0.2) is 0 Å². The second-order valence-corrected chi connectivity index (χ2v) is 12.9. The third kappa shape index (κ3) is 3.31. The molecule has 9 aromatic carbocycles. The van der Waals surface area contributed by atoms with Crippen LogP contribution in [-0.4, -0.2) is 9.13 Å². The van der Waals surface area contributed by atoms with Crippen LogP contribution in [0.4, 0.5) is 0 Å². The number of para-hydroxylation sites is 3. The number of fused-ring (bicyclic) bond motifs is 8. The van der Waals surface area contributed by atoms with E-state index >= 15 is 0 Å². The van der Waals surface area contributed by atoms with Gasteiger partial charge in [-0.1, -0.05) is 121 Å². The molecule has 0 aliphatic carbocycles. The van der Waals surface area contributed by atoms with E-state index in [0.29, 0.717) is 0 Å². The molecule has 0 saturated heterocycles. The summed E-state index contributed by atoms with van der Waals surface area (Å²) in [7, 11) is 0. The van der Waals surface area contributed by atoms with Gasteiger partial charge < -0.3 is 9.13 Å². The van der Waals surface area contributed by atoms with Gasteiger partial charge in [-0.05, 0) is 81.0 Å². The largest absolute Gasteiger partial charge is 0.309 e. The van der Waals surface area contributed by atoms with Gasteiger partial charge in [0.2, 0.25) is 0 Å². The molecular weight excluding hydrogens is 581 g/mol. The van der Waals surface area contributed by atoms with E-state index in [2.05, 4.69) is 179 Å². The Balaban J connectivity index is 1.38. The molecular formula is C46H28N2. The number of nitrogens with zero attached hydrogens (tertiary/aromatic N) is 2. The van der Waals surface area contributed by atoms with Crippen LogP contribution < -0.4 is 0 Å². The molecule has 48 heavy (non-hydrogen) atoms. The maximum absolute atomic E-state index is 2.52. The lowest BCUT2D eigenvalue weighted by molar-refractivity contribution is 1.18. The molecule has 11 aromatic rings. The second-order valence-electron chi connectivity index (χ2n) is 12.9. The summed E-state index contributed by atoms with van der Waals surface area (Å²) in [5.41, 5.74) is 9.77. The first kappa shape index (κ1) is 25.8. The molecule has 0 radical (unpaired) electrons. The van der Waals surface area contributed by atoms with Crippen LogP contribution in [0.25, 0.3) is 98.4 Å². The zero-order chi connectivity index (χ0) is 31.3. The number of hydrogen-bond donors (Lipinski definition) is 0. The molecule has 0 aliphatic heterocycles. The van der Waals surface area contributed by atoms with Crippen LogP contribution in [0.2, 0.25) is 0 Å². The van der Waals surface area contributed by atoms with Crippen LogP contribution in [0.3, 0.4) is 0 Å². The van der Waals surface area contributed by atoms with E-state index in [0.717, 1.165) is 0 Å². The zero-order valence-electron chi connectivity index (χ0n) is 26.1. The van der Waals surface area contributed by atoms with E-state index in [4.69, 9.17) is 0 Å². The third-order valence-electron chi connectivity index (χ3n) is 10.4. The molecule has 0 aliphatic rings. The standard InChI is InChI=1S/C46H28N2/c1-3-14-30(15-4-1)47-39-24-12-11-19-33(39)38-28-29(26-27-40(38)47)42-36-21-9-10-22-37(36)43-34-20-8-7-18-32(34)35-23-13-25-41-44(35)45(43)46(42)48(41)31-16-5-2-6-17-31/h1-28H. The van der Waals surface area contributed by atoms with Crippen molar-refractivity contribution in [2.45, 2.75) is 0 Å². The van der Waals surface area contributed by atoms with E-state index in [1.807, 2.05) is 0 Å². The Morgan fingerprint density at radius 2 is 0.812 bits per heavy atom. The maximum Gasteiger partial charge on any atom is 0.0632 e. The van der Waals surface area contributed by atoms with Crippen molar-refractivity contribution in [1.82, 2.24) is 9.13 Å². The first-order valence-electron chi connectivity index (χ1n) is 16.6. The summed E-state index contributed by atoms with van der Waals surface area (Å²) >= 11 is 0. The molecule has 0 unspecified atom stereocenters. The summed E-state index contributed by atoms with van der Waals surface area (Å²) in [6, 6.07) is 62.3. The molecule has 0 bridgehead atoms. The van der Waals surface area contributed by atoms with Crippen LogP contribution in [0.15, 0.2) is 170 Å². The fourth-order valence-electron chi connectivity index (χ4n) is 8.56. The maximum atomic E-state index is 2.52. The molecule has 0 N–H and O–H groups in total. The molecule has 0 fully saturated rings. The van der Waals surface area contributed by atoms with Crippen molar-refractivity contribution in [2.24, 2.45) is 0 Å². The predicted molar refractivity (Wildman–Crippen MR) is 204 cm³/mol. The lowest BCUT2D eigenvalue weighted by Crippen LogP contribution is -1.96. The van der Waals surface area contributed by atoms with Gasteiger partial charge in [0, 0.05) is 43.9 Å². The SMILES string of the molecule is c1ccc(-n2c3ccccc3c3cc(-c4c5ccccc5c5c6ccccc6c6cccc7c6c5c4n7-c4ccccc4)ccc32)cc1. The fourth-order valence-corrected chi connectivity index (χ4v) is 8.56.